The number of hydrogen-bond acceptors (Lipinski definition) is 2. The summed E-state index contributed by atoms with van der Waals surface area (Å²) in [5, 5.41) is 0. The number of hydrogen-bond donors (Lipinski definition) is 0. The molecule has 0 radical (unpaired) electrons. The lowest BCUT2D eigenvalue weighted by Gasteiger charge is -2.28. The normalized spacial score (nSPS) is 27.2. The smallest absolute Gasteiger partial charge is 0.321 e. The lowest BCUT2D eigenvalue weighted by molar-refractivity contribution is 0.199. The second-order valence-corrected chi connectivity index (χ2v) is 6.70. The van der Waals surface area contributed by atoms with E-state index in [2.05, 4.69) is 20.8 Å². The molecule has 2 nitrogen and oxygen atoms in total. The minimum atomic E-state index is -1.33. The van der Waals surface area contributed by atoms with E-state index in [0.29, 0.717) is 0 Å². The van der Waals surface area contributed by atoms with Crippen LogP contribution < -0.4 is 0 Å². The predicted molar refractivity (Wildman–Crippen MR) is 66.3 cm³/mol. The third-order valence-corrected chi connectivity index (χ3v) is 5.83. The van der Waals surface area contributed by atoms with E-state index in [1.54, 1.807) is 0 Å². The molecule has 0 unspecified atom stereocenters. The summed E-state index contributed by atoms with van der Waals surface area (Å²) in [7, 11) is -1.33. The van der Waals surface area contributed by atoms with Crippen molar-refractivity contribution in [2.75, 3.05) is 13.2 Å². The first kappa shape index (κ1) is 13.2. The summed E-state index contributed by atoms with van der Waals surface area (Å²) in [4.78, 5) is 0. The van der Waals surface area contributed by atoms with Gasteiger partial charge in [0.25, 0.3) is 0 Å². The fourth-order valence-electron chi connectivity index (χ4n) is 2.39. The van der Waals surface area contributed by atoms with Crippen LogP contribution >= 0.6 is 0 Å². The van der Waals surface area contributed by atoms with Gasteiger partial charge in [-0.2, -0.15) is 0 Å². The highest BCUT2D eigenvalue weighted by Gasteiger charge is 2.23. The Kier molecular flexibility index (Phi) is 6.53. The molecule has 1 rings (SSSR count). The first-order valence-electron chi connectivity index (χ1n) is 6.49. The maximum Gasteiger partial charge on any atom is 0.321 e. The summed E-state index contributed by atoms with van der Waals surface area (Å²) in [6.45, 7) is 8.15. The Morgan fingerprint density at radius 3 is 2.00 bits per heavy atom. The molecule has 0 aliphatic heterocycles. The molecule has 0 bridgehead atoms. The summed E-state index contributed by atoms with van der Waals surface area (Å²) in [5.41, 5.74) is 0. The molecule has 0 saturated heterocycles. The minimum Gasteiger partial charge on any atom is -0.397 e. The van der Waals surface area contributed by atoms with Gasteiger partial charge in [0.2, 0.25) is 0 Å². The van der Waals surface area contributed by atoms with E-state index in [0.717, 1.165) is 25.0 Å². The van der Waals surface area contributed by atoms with E-state index in [1.807, 2.05) is 0 Å². The quantitative estimate of drug-likeness (QED) is 0.653. The van der Waals surface area contributed by atoms with Gasteiger partial charge in [0.05, 0.1) is 0 Å². The van der Waals surface area contributed by atoms with E-state index in [9.17, 15) is 0 Å². The van der Waals surface area contributed by atoms with Crippen LogP contribution in [-0.4, -0.2) is 22.5 Å². The van der Waals surface area contributed by atoms with Crippen molar-refractivity contribution in [3.05, 3.63) is 0 Å². The van der Waals surface area contributed by atoms with Gasteiger partial charge in [-0.3, -0.25) is 0 Å². The zero-order chi connectivity index (χ0) is 11.1. The Bertz CT molecular complexity index is 150. The largest absolute Gasteiger partial charge is 0.397 e. The molecule has 1 aliphatic rings. The molecule has 1 aliphatic carbocycles. The minimum absolute atomic E-state index is 0.819. The average molecular weight is 230 g/mol. The molecule has 0 spiro atoms. The van der Waals surface area contributed by atoms with Gasteiger partial charge < -0.3 is 8.85 Å². The summed E-state index contributed by atoms with van der Waals surface area (Å²) >= 11 is 0. The van der Waals surface area contributed by atoms with Gasteiger partial charge in [-0.15, -0.1) is 0 Å². The van der Waals surface area contributed by atoms with Crippen molar-refractivity contribution < 1.29 is 8.85 Å². The molecule has 0 amide bonds. The molecule has 0 heterocycles. The van der Waals surface area contributed by atoms with Crippen molar-refractivity contribution in [1.82, 2.24) is 0 Å². The van der Waals surface area contributed by atoms with Crippen LogP contribution in [0.4, 0.5) is 0 Å². The van der Waals surface area contributed by atoms with E-state index < -0.39 is 9.28 Å². The Balaban J connectivity index is 2.24. The summed E-state index contributed by atoms with van der Waals surface area (Å²) in [6.07, 6.45) is 5.60. The van der Waals surface area contributed by atoms with Crippen LogP contribution in [0.5, 0.6) is 0 Å². The number of rotatable bonds is 6. The predicted octanol–water partition coefficient (Wildman–Crippen LogP) is 3.11. The molecule has 3 heteroatoms. The molecule has 1 fully saturated rings. The van der Waals surface area contributed by atoms with Crippen LogP contribution in [0, 0.1) is 11.8 Å². The lowest BCUT2D eigenvalue weighted by atomic mass is 9.84. The van der Waals surface area contributed by atoms with Gasteiger partial charge in [0.1, 0.15) is 0 Å². The van der Waals surface area contributed by atoms with E-state index in [1.165, 1.54) is 31.7 Å². The second-order valence-electron chi connectivity index (χ2n) is 4.70. The molecule has 15 heavy (non-hydrogen) atoms. The van der Waals surface area contributed by atoms with Crippen molar-refractivity contribution in [2.24, 2.45) is 11.8 Å². The SMILES string of the molecule is CCO[SiH](CC1CCC(C)CC1)OCC. The zero-order valence-corrected chi connectivity index (χ0v) is 11.7. The van der Waals surface area contributed by atoms with E-state index in [4.69, 9.17) is 8.85 Å². The fourth-order valence-corrected chi connectivity index (χ4v) is 4.52. The third-order valence-electron chi connectivity index (χ3n) is 3.37. The third kappa shape index (κ3) is 5.14. The van der Waals surface area contributed by atoms with Crippen molar-refractivity contribution in [1.29, 1.82) is 0 Å². The van der Waals surface area contributed by atoms with Crippen molar-refractivity contribution in [3.8, 4) is 0 Å². The molecule has 0 aromatic rings. The van der Waals surface area contributed by atoms with Crippen molar-refractivity contribution in [2.45, 2.75) is 52.5 Å². The molecule has 0 N–H and O–H groups in total. The molecule has 0 atom stereocenters. The Morgan fingerprint density at radius 2 is 1.53 bits per heavy atom. The molecule has 1 saturated carbocycles. The first-order chi connectivity index (χ1) is 7.26. The van der Waals surface area contributed by atoms with Gasteiger partial charge in [-0.05, 0) is 31.7 Å². The summed E-state index contributed by atoms with van der Waals surface area (Å²) < 4.78 is 11.5. The fraction of sp³-hybridized carbons (Fsp3) is 1.00. The highest BCUT2D eigenvalue weighted by molar-refractivity contribution is 6.44. The molecule has 0 aromatic carbocycles. The summed E-state index contributed by atoms with van der Waals surface area (Å²) in [5.74, 6) is 1.83. The zero-order valence-electron chi connectivity index (χ0n) is 10.5. The summed E-state index contributed by atoms with van der Waals surface area (Å²) in [6, 6.07) is 1.23. The maximum absolute atomic E-state index is 5.73. The molecular weight excluding hydrogens is 204 g/mol. The van der Waals surface area contributed by atoms with Crippen LogP contribution in [0.25, 0.3) is 0 Å². The highest BCUT2D eigenvalue weighted by atomic mass is 28.3. The highest BCUT2D eigenvalue weighted by Crippen LogP contribution is 2.31. The lowest BCUT2D eigenvalue weighted by Crippen LogP contribution is -2.27. The van der Waals surface area contributed by atoms with Gasteiger partial charge in [0.15, 0.2) is 0 Å². The Hall–Kier alpha value is 0.137. The maximum atomic E-state index is 5.73. The van der Waals surface area contributed by atoms with Gasteiger partial charge in [0, 0.05) is 13.2 Å². The first-order valence-corrected chi connectivity index (χ1v) is 8.25. The molecule has 0 aromatic heterocycles. The van der Waals surface area contributed by atoms with Gasteiger partial charge in [-0.1, -0.05) is 32.6 Å². The van der Waals surface area contributed by atoms with E-state index in [-0.39, 0.29) is 0 Å². The average Bonchev–Trinajstić information content (AvgIpc) is 2.22. The molecular formula is C12H26O2Si. The van der Waals surface area contributed by atoms with Crippen LogP contribution in [0.1, 0.15) is 46.5 Å². The topological polar surface area (TPSA) is 18.5 Å². The Labute approximate surface area is 96.2 Å². The van der Waals surface area contributed by atoms with Crippen molar-refractivity contribution in [3.63, 3.8) is 0 Å². The van der Waals surface area contributed by atoms with Crippen LogP contribution in [-0.2, 0) is 8.85 Å². The van der Waals surface area contributed by atoms with Crippen LogP contribution in [0.3, 0.4) is 0 Å². The standard InChI is InChI=1S/C12H26O2Si/c1-4-13-15(14-5-2)10-12-8-6-11(3)7-9-12/h11-12,15H,4-10H2,1-3H3. The second kappa shape index (κ2) is 7.42. The van der Waals surface area contributed by atoms with Gasteiger partial charge in [-0.25, -0.2) is 0 Å². The Morgan fingerprint density at radius 1 is 1.00 bits per heavy atom. The van der Waals surface area contributed by atoms with Crippen molar-refractivity contribution >= 4 is 9.28 Å². The molecule has 90 valence electrons. The van der Waals surface area contributed by atoms with Crippen LogP contribution in [0.15, 0.2) is 0 Å². The van der Waals surface area contributed by atoms with E-state index >= 15 is 0 Å². The van der Waals surface area contributed by atoms with Crippen LogP contribution in [0.2, 0.25) is 6.04 Å². The van der Waals surface area contributed by atoms with Gasteiger partial charge >= 0.3 is 9.28 Å². The monoisotopic (exact) mass is 230 g/mol.